The normalized spacial score (nSPS) is 12.3. The summed E-state index contributed by atoms with van der Waals surface area (Å²) in [6, 6.07) is -0.696. The van der Waals surface area contributed by atoms with Gasteiger partial charge in [0.2, 0.25) is 0 Å². The topological polar surface area (TPSA) is 80.7 Å². The zero-order chi connectivity index (χ0) is 14.7. The van der Waals surface area contributed by atoms with Crippen LogP contribution in [0.4, 0.5) is 4.79 Å². The van der Waals surface area contributed by atoms with Gasteiger partial charge >= 0.3 is 6.03 Å². The van der Waals surface area contributed by atoms with Gasteiger partial charge in [-0.2, -0.15) is 5.06 Å². The molecule has 0 radical (unpaired) electrons. The first-order chi connectivity index (χ1) is 9.15. The van der Waals surface area contributed by atoms with Crippen molar-refractivity contribution in [3.05, 3.63) is 0 Å². The summed E-state index contributed by atoms with van der Waals surface area (Å²) in [5.41, 5.74) is 0. The van der Waals surface area contributed by atoms with Crippen molar-refractivity contribution < 1.29 is 29.2 Å². The van der Waals surface area contributed by atoms with E-state index in [1.165, 1.54) is 0 Å². The summed E-state index contributed by atoms with van der Waals surface area (Å²) in [5, 5.41) is 10.9. The van der Waals surface area contributed by atoms with E-state index in [9.17, 15) is 9.90 Å². The van der Waals surface area contributed by atoms with Crippen LogP contribution in [0.2, 0.25) is 0 Å². The molecule has 0 aliphatic carbocycles. The molecule has 0 saturated carbocycles. The Hall–Kier alpha value is -0.930. The van der Waals surface area contributed by atoms with Gasteiger partial charge < -0.3 is 9.84 Å². The third-order valence-corrected chi connectivity index (χ3v) is 1.88. The van der Waals surface area contributed by atoms with Crippen molar-refractivity contribution in [3.8, 4) is 0 Å². The Bertz CT molecular complexity index is 235. The molecule has 0 aliphatic heterocycles. The van der Waals surface area contributed by atoms with Crippen molar-refractivity contribution in [1.29, 1.82) is 0 Å². The molecule has 0 aliphatic rings. The zero-order valence-corrected chi connectivity index (χ0v) is 12.0. The summed E-state index contributed by atoms with van der Waals surface area (Å²) >= 11 is 0. The minimum absolute atomic E-state index is 0.238. The van der Waals surface area contributed by atoms with E-state index in [0.29, 0.717) is 6.61 Å². The van der Waals surface area contributed by atoms with E-state index in [1.807, 2.05) is 0 Å². The standard InChI is InChI=1S/C11H24N2O6/c1-5-16-10(9-14)12(17-6-2)11(15)13(18-7-3)19-8-4/h10,14H,5-9H2,1-4H3. The average molecular weight is 280 g/mol. The van der Waals surface area contributed by atoms with Gasteiger partial charge in [0.15, 0.2) is 6.23 Å². The van der Waals surface area contributed by atoms with Crippen molar-refractivity contribution in [2.24, 2.45) is 0 Å². The second-order valence-electron chi connectivity index (χ2n) is 3.21. The number of hydroxylamine groups is 4. The Morgan fingerprint density at radius 2 is 1.53 bits per heavy atom. The molecule has 0 bridgehead atoms. The summed E-state index contributed by atoms with van der Waals surface area (Å²) in [6.07, 6.45) is -0.916. The van der Waals surface area contributed by atoms with Gasteiger partial charge in [0.25, 0.3) is 0 Å². The lowest BCUT2D eigenvalue weighted by atomic mass is 10.5. The number of carbonyl (C=O) groups is 1. The van der Waals surface area contributed by atoms with Gasteiger partial charge in [0.05, 0.1) is 26.4 Å². The largest absolute Gasteiger partial charge is 0.396 e. The molecule has 0 heterocycles. The molecule has 19 heavy (non-hydrogen) atoms. The number of urea groups is 1. The summed E-state index contributed by atoms with van der Waals surface area (Å²) in [5.74, 6) is 0. The molecule has 2 amide bonds. The van der Waals surface area contributed by atoms with Crippen molar-refractivity contribution in [2.45, 2.75) is 33.9 Å². The van der Waals surface area contributed by atoms with Crippen LogP contribution in [-0.2, 0) is 19.2 Å². The lowest BCUT2D eigenvalue weighted by molar-refractivity contribution is -0.347. The van der Waals surface area contributed by atoms with Crippen molar-refractivity contribution in [3.63, 3.8) is 0 Å². The van der Waals surface area contributed by atoms with Crippen LogP contribution in [0.25, 0.3) is 0 Å². The number of amides is 2. The zero-order valence-electron chi connectivity index (χ0n) is 12.0. The lowest BCUT2D eigenvalue weighted by Gasteiger charge is -2.31. The Morgan fingerprint density at radius 3 is 1.89 bits per heavy atom. The van der Waals surface area contributed by atoms with Crippen molar-refractivity contribution >= 4 is 6.03 Å². The predicted octanol–water partition coefficient (Wildman–Crippen LogP) is 0.920. The predicted molar refractivity (Wildman–Crippen MR) is 66.5 cm³/mol. The van der Waals surface area contributed by atoms with E-state index in [2.05, 4.69) is 0 Å². The van der Waals surface area contributed by atoms with E-state index in [4.69, 9.17) is 19.2 Å². The summed E-state index contributed by atoms with van der Waals surface area (Å²) in [6.45, 7) is 7.58. The number of carbonyl (C=O) groups excluding carboxylic acids is 1. The van der Waals surface area contributed by atoms with Gasteiger partial charge in [-0.25, -0.2) is 14.5 Å². The van der Waals surface area contributed by atoms with E-state index < -0.39 is 18.9 Å². The Balaban J connectivity index is 4.84. The van der Waals surface area contributed by atoms with Gasteiger partial charge in [-0.05, 0) is 27.7 Å². The van der Waals surface area contributed by atoms with Crippen LogP contribution in [0.3, 0.4) is 0 Å². The quantitative estimate of drug-likeness (QED) is 0.473. The Morgan fingerprint density at radius 1 is 1.00 bits per heavy atom. The second kappa shape index (κ2) is 10.9. The fourth-order valence-electron chi connectivity index (χ4n) is 1.25. The monoisotopic (exact) mass is 280 g/mol. The molecular weight excluding hydrogens is 256 g/mol. The van der Waals surface area contributed by atoms with Gasteiger partial charge in [-0.3, -0.25) is 4.84 Å². The number of ether oxygens (including phenoxy) is 1. The van der Waals surface area contributed by atoms with Crippen LogP contribution >= 0.6 is 0 Å². The molecule has 0 rings (SSSR count). The molecule has 1 unspecified atom stereocenters. The summed E-state index contributed by atoms with van der Waals surface area (Å²) < 4.78 is 5.23. The first-order valence-electron chi connectivity index (χ1n) is 6.40. The Kier molecular flexibility index (Phi) is 10.4. The highest BCUT2D eigenvalue weighted by atomic mass is 17.0. The van der Waals surface area contributed by atoms with E-state index in [1.54, 1.807) is 27.7 Å². The molecular formula is C11H24N2O6. The lowest BCUT2D eigenvalue weighted by Crippen LogP contribution is -2.50. The number of nitrogens with zero attached hydrogens (tertiary/aromatic N) is 2. The maximum atomic E-state index is 12.2. The number of hydrogen-bond acceptors (Lipinski definition) is 6. The number of aliphatic hydroxyl groups excluding tert-OH is 1. The van der Waals surface area contributed by atoms with E-state index >= 15 is 0 Å². The molecule has 0 fully saturated rings. The van der Waals surface area contributed by atoms with E-state index in [0.717, 1.165) is 10.3 Å². The van der Waals surface area contributed by atoms with Gasteiger partial charge in [-0.15, -0.1) is 0 Å². The highest BCUT2D eigenvalue weighted by molar-refractivity contribution is 5.71. The molecule has 8 nitrogen and oxygen atoms in total. The van der Waals surface area contributed by atoms with Crippen LogP contribution in [-0.4, -0.2) is 60.7 Å². The third-order valence-electron chi connectivity index (χ3n) is 1.88. The molecule has 114 valence electrons. The highest BCUT2D eigenvalue weighted by Gasteiger charge is 2.30. The molecule has 1 atom stereocenters. The van der Waals surface area contributed by atoms with Gasteiger partial charge in [0.1, 0.15) is 0 Å². The molecule has 1 N–H and O–H groups in total. The molecule has 0 aromatic carbocycles. The van der Waals surface area contributed by atoms with Gasteiger partial charge in [0, 0.05) is 6.61 Å². The van der Waals surface area contributed by atoms with Gasteiger partial charge in [-0.1, -0.05) is 5.23 Å². The number of rotatable bonds is 10. The second-order valence-corrected chi connectivity index (χ2v) is 3.21. The highest BCUT2D eigenvalue weighted by Crippen LogP contribution is 2.09. The number of aliphatic hydroxyl groups is 1. The molecule has 0 spiro atoms. The van der Waals surface area contributed by atoms with Crippen LogP contribution in [0.1, 0.15) is 27.7 Å². The van der Waals surface area contributed by atoms with Crippen LogP contribution < -0.4 is 0 Å². The minimum atomic E-state index is -0.916. The third kappa shape index (κ3) is 6.17. The molecule has 0 aromatic heterocycles. The summed E-state index contributed by atoms with van der Waals surface area (Å²) in [7, 11) is 0. The maximum absolute atomic E-state index is 12.2. The van der Waals surface area contributed by atoms with Crippen molar-refractivity contribution in [2.75, 3.05) is 33.0 Å². The van der Waals surface area contributed by atoms with Crippen LogP contribution in [0.15, 0.2) is 0 Å². The van der Waals surface area contributed by atoms with E-state index in [-0.39, 0.29) is 19.8 Å². The smallest absolute Gasteiger partial charge is 0.392 e. The SMILES string of the molecule is CCOC(CO)N(OCC)C(=O)N(OCC)OCC. The fraction of sp³-hybridized carbons (Fsp3) is 0.909. The molecule has 0 aromatic rings. The first kappa shape index (κ1) is 18.1. The first-order valence-corrected chi connectivity index (χ1v) is 6.40. The van der Waals surface area contributed by atoms with Crippen molar-refractivity contribution in [1.82, 2.24) is 10.3 Å². The fourth-order valence-corrected chi connectivity index (χ4v) is 1.25. The average Bonchev–Trinajstić information content (AvgIpc) is 2.41. The van der Waals surface area contributed by atoms with Crippen LogP contribution in [0.5, 0.6) is 0 Å². The minimum Gasteiger partial charge on any atom is -0.392 e. The maximum Gasteiger partial charge on any atom is 0.396 e. The summed E-state index contributed by atoms with van der Waals surface area (Å²) in [4.78, 5) is 27.4. The molecule has 8 heteroatoms. The Labute approximate surface area is 113 Å². The number of hydrogen-bond donors (Lipinski definition) is 1. The van der Waals surface area contributed by atoms with Crippen LogP contribution in [0, 0.1) is 0 Å². The molecule has 0 saturated heterocycles.